The quantitative estimate of drug-likeness (QED) is 0.482. The van der Waals surface area contributed by atoms with E-state index in [4.69, 9.17) is 19.2 Å². The Morgan fingerprint density at radius 3 is 2.69 bits per heavy atom. The van der Waals surface area contributed by atoms with Crippen molar-refractivity contribution in [2.45, 2.75) is 37.9 Å². The number of amides is 2. The minimum atomic E-state index is -0.354. The number of hydrogen-bond acceptors (Lipinski definition) is 9. The molecule has 0 bridgehead atoms. The molecule has 5 heterocycles. The van der Waals surface area contributed by atoms with Gasteiger partial charge >= 0.3 is 0 Å². The normalized spacial score (nSPS) is 21.4. The van der Waals surface area contributed by atoms with Crippen molar-refractivity contribution in [1.82, 2.24) is 15.3 Å². The highest BCUT2D eigenvalue weighted by molar-refractivity contribution is 7.14. The van der Waals surface area contributed by atoms with Crippen LogP contribution < -0.4 is 20.3 Å². The number of fused-ring (bicyclic) bond motifs is 2. The van der Waals surface area contributed by atoms with Gasteiger partial charge in [0.25, 0.3) is 5.91 Å². The van der Waals surface area contributed by atoms with Crippen molar-refractivity contribution in [2.24, 2.45) is 0 Å². The molecular formula is C28H31N5O5S. The Morgan fingerprint density at radius 1 is 1.10 bits per heavy atom. The van der Waals surface area contributed by atoms with Crippen LogP contribution in [0.4, 0.5) is 10.9 Å². The van der Waals surface area contributed by atoms with Crippen LogP contribution in [-0.4, -0.2) is 73.4 Å². The van der Waals surface area contributed by atoms with Gasteiger partial charge in [-0.05, 0) is 50.6 Å². The summed E-state index contributed by atoms with van der Waals surface area (Å²) in [4.78, 5) is 36.9. The minimum Gasteiger partial charge on any atom is -0.493 e. The molecule has 3 aliphatic heterocycles. The molecule has 0 aliphatic carbocycles. The molecule has 2 N–H and O–H groups in total. The van der Waals surface area contributed by atoms with Gasteiger partial charge in [0.15, 0.2) is 5.13 Å². The van der Waals surface area contributed by atoms with E-state index in [1.807, 2.05) is 35.7 Å². The summed E-state index contributed by atoms with van der Waals surface area (Å²) in [6, 6.07) is 11.3. The third kappa shape index (κ3) is 5.34. The minimum absolute atomic E-state index is 0.0722. The van der Waals surface area contributed by atoms with Crippen LogP contribution in [0.25, 0.3) is 11.4 Å². The summed E-state index contributed by atoms with van der Waals surface area (Å²) in [7, 11) is 0. The number of benzene rings is 1. The molecule has 2 atom stereocenters. The maximum atomic E-state index is 12.8. The van der Waals surface area contributed by atoms with Gasteiger partial charge in [-0.15, -0.1) is 11.3 Å². The van der Waals surface area contributed by atoms with E-state index >= 15 is 0 Å². The van der Waals surface area contributed by atoms with Crippen molar-refractivity contribution in [3.05, 3.63) is 52.9 Å². The highest BCUT2D eigenvalue weighted by atomic mass is 32.1. The van der Waals surface area contributed by atoms with E-state index in [-0.39, 0.29) is 36.0 Å². The fourth-order valence-electron chi connectivity index (χ4n) is 5.33. The summed E-state index contributed by atoms with van der Waals surface area (Å²) in [5, 5.41) is 7.78. The predicted octanol–water partition coefficient (Wildman–Crippen LogP) is 3.24. The fourth-order valence-corrected chi connectivity index (χ4v) is 6.05. The van der Waals surface area contributed by atoms with E-state index in [0.29, 0.717) is 36.2 Å². The Hall–Kier alpha value is -3.54. The van der Waals surface area contributed by atoms with E-state index in [9.17, 15) is 9.59 Å². The van der Waals surface area contributed by atoms with Crippen molar-refractivity contribution in [1.29, 1.82) is 0 Å². The third-order valence-electron chi connectivity index (χ3n) is 7.31. The molecule has 2 fully saturated rings. The summed E-state index contributed by atoms with van der Waals surface area (Å²) in [6.07, 6.45) is 1.14. The molecule has 0 unspecified atom stereocenters. The second-order valence-electron chi connectivity index (χ2n) is 10.4. The number of aromatic nitrogens is 2. The molecule has 39 heavy (non-hydrogen) atoms. The van der Waals surface area contributed by atoms with Gasteiger partial charge < -0.3 is 29.7 Å². The second-order valence-corrected chi connectivity index (χ2v) is 11.3. The molecule has 6 rings (SSSR count). The van der Waals surface area contributed by atoms with Crippen LogP contribution in [0.2, 0.25) is 0 Å². The maximum Gasteiger partial charge on any atom is 0.251 e. The van der Waals surface area contributed by atoms with Crippen LogP contribution in [0.1, 0.15) is 36.2 Å². The molecule has 10 nitrogen and oxygen atoms in total. The summed E-state index contributed by atoms with van der Waals surface area (Å²) < 4.78 is 17.1. The lowest BCUT2D eigenvalue weighted by molar-refractivity contribution is -0.115. The van der Waals surface area contributed by atoms with Gasteiger partial charge in [-0.1, -0.05) is 6.07 Å². The number of rotatable bonds is 6. The Bertz CT molecular complexity index is 1380. The number of carbonyl (C=O) groups excluding carboxylic acids is 2. The van der Waals surface area contributed by atoms with Crippen molar-refractivity contribution < 1.29 is 23.8 Å². The SMILES string of the molecule is C[C@@H]1CN(c2cccc(-c3csc(NC(=O)CNC(=O)c4ccc5c(c4)C4(CCO5)COC4)n3)n2)C[C@H](C)O1. The molecule has 2 amide bonds. The van der Waals surface area contributed by atoms with Crippen molar-refractivity contribution >= 4 is 34.1 Å². The molecule has 2 saturated heterocycles. The Kier molecular flexibility index (Phi) is 6.96. The summed E-state index contributed by atoms with van der Waals surface area (Å²) >= 11 is 1.31. The van der Waals surface area contributed by atoms with Crippen LogP contribution in [0.15, 0.2) is 41.8 Å². The number of pyridine rings is 1. The zero-order chi connectivity index (χ0) is 27.0. The lowest BCUT2D eigenvalue weighted by atomic mass is 9.74. The zero-order valence-electron chi connectivity index (χ0n) is 21.9. The number of carbonyl (C=O) groups is 2. The number of nitrogens with zero attached hydrogens (tertiary/aromatic N) is 3. The largest absolute Gasteiger partial charge is 0.493 e. The van der Waals surface area contributed by atoms with Gasteiger partial charge in [0.1, 0.15) is 17.3 Å². The Balaban J connectivity index is 1.06. The second kappa shape index (κ2) is 10.6. The van der Waals surface area contributed by atoms with Gasteiger partial charge in [-0.25, -0.2) is 9.97 Å². The molecule has 204 valence electrons. The molecule has 0 saturated carbocycles. The first-order chi connectivity index (χ1) is 18.9. The van der Waals surface area contributed by atoms with Gasteiger partial charge in [-0.2, -0.15) is 0 Å². The lowest BCUT2D eigenvalue weighted by Crippen LogP contribution is -2.49. The van der Waals surface area contributed by atoms with Crippen LogP contribution in [0, 0.1) is 0 Å². The Morgan fingerprint density at radius 2 is 1.92 bits per heavy atom. The maximum absolute atomic E-state index is 12.8. The van der Waals surface area contributed by atoms with E-state index < -0.39 is 0 Å². The first-order valence-corrected chi connectivity index (χ1v) is 14.0. The summed E-state index contributed by atoms with van der Waals surface area (Å²) in [5.41, 5.74) is 2.83. The van der Waals surface area contributed by atoms with Gasteiger partial charge in [0, 0.05) is 35.0 Å². The highest BCUT2D eigenvalue weighted by Gasteiger charge is 2.44. The average molecular weight is 550 g/mol. The van der Waals surface area contributed by atoms with Gasteiger partial charge in [0.2, 0.25) is 5.91 Å². The number of morpholine rings is 1. The lowest BCUT2D eigenvalue weighted by Gasteiger charge is -2.45. The molecular weight excluding hydrogens is 518 g/mol. The summed E-state index contributed by atoms with van der Waals surface area (Å²) in [5.74, 6) is 1.00. The molecule has 3 aliphatic rings. The summed E-state index contributed by atoms with van der Waals surface area (Å²) in [6.45, 7) is 7.43. The van der Waals surface area contributed by atoms with Crippen molar-refractivity contribution in [3.63, 3.8) is 0 Å². The first-order valence-electron chi connectivity index (χ1n) is 13.1. The molecule has 3 aromatic rings. The Labute approximate surface area is 230 Å². The first kappa shape index (κ1) is 25.7. The van der Waals surface area contributed by atoms with Crippen molar-refractivity contribution in [3.8, 4) is 17.1 Å². The number of ether oxygens (including phenoxy) is 3. The highest BCUT2D eigenvalue weighted by Crippen LogP contribution is 2.44. The number of nitrogens with one attached hydrogen (secondary N) is 2. The number of thiazole rings is 1. The smallest absolute Gasteiger partial charge is 0.251 e. The van der Waals surface area contributed by atoms with Gasteiger partial charge in [-0.3, -0.25) is 9.59 Å². The fraction of sp³-hybridized carbons (Fsp3) is 0.429. The average Bonchev–Trinajstić information content (AvgIpc) is 3.38. The molecule has 1 aromatic carbocycles. The van der Waals surface area contributed by atoms with Crippen LogP contribution in [0.3, 0.4) is 0 Å². The topological polar surface area (TPSA) is 115 Å². The van der Waals surface area contributed by atoms with Crippen LogP contribution >= 0.6 is 11.3 Å². The molecule has 1 spiro atoms. The predicted molar refractivity (Wildman–Crippen MR) is 148 cm³/mol. The van der Waals surface area contributed by atoms with E-state index in [1.165, 1.54) is 11.3 Å². The van der Waals surface area contributed by atoms with Gasteiger partial charge in [0.05, 0.1) is 44.3 Å². The number of hydrogen-bond donors (Lipinski definition) is 2. The molecule has 2 aromatic heterocycles. The third-order valence-corrected chi connectivity index (χ3v) is 8.07. The van der Waals surface area contributed by atoms with E-state index in [0.717, 1.165) is 42.3 Å². The standard InChI is InChI=1S/C28H31N5O5S/c1-17-12-33(13-18(2)38-17)24-5-3-4-21(30-24)22-14-39-27(31-22)32-25(34)11-29-26(35)19-6-7-23-20(10-19)28(8-9-37-23)15-36-16-28/h3-7,10,14,17-18H,8-9,11-13,15-16H2,1-2H3,(H,29,35)(H,31,32,34)/t17-,18+. The monoisotopic (exact) mass is 549 g/mol. The number of anilines is 2. The molecule has 11 heteroatoms. The van der Waals surface area contributed by atoms with Crippen LogP contribution in [0.5, 0.6) is 5.75 Å². The van der Waals surface area contributed by atoms with Crippen molar-refractivity contribution in [2.75, 3.05) is 49.7 Å². The van der Waals surface area contributed by atoms with E-state index in [1.54, 1.807) is 6.07 Å². The van der Waals surface area contributed by atoms with Crippen LogP contribution in [-0.2, 0) is 19.7 Å². The van der Waals surface area contributed by atoms with E-state index in [2.05, 4.69) is 34.4 Å². The molecule has 0 radical (unpaired) electrons. The zero-order valence-corrected chi connectivity index (χ0v) is 22.8.